The van der Waals surface area contributed by atoms with Crippen LogP contribution in [0.2, 0.25) is 0 Å². The molecule has 7 rings (SSSR count). The van der Waals surface area contributed by atoms with Gasteiger partial charge in [0, 0.05) is 23.3 Å². The molecule has 3 atom stereocenters. The van der Waals surface area contributed by atoms with Gasteiger partial charge in [0.25, 0.3) is 0 Å². The lowest BCUT2D eigenvalue weighted by atomic mass is 9.77. The molecule has 0 spiro atoms. The van der Waals surface area contributed by atoms with Crippen LogP contribution < -0.4 is 18.9 Å². The zero-order valence-corrected chi connectivity index (χ0v) is 25.2. The summed E-state index contributed by atoms with van der Waals surface area (Å²) in [4.78, 5) is 1.73. The van der Waals surface area contributed by atoms with E-state index in [9.17, 15) is 0 Å². The summed E-state index contributed by atoms with van der Waals surface area (Å²) in [5.41, 5.74) is 6.55. The van der Waals surface area contributed by atoms with Crippen molar-refractivity contribution in [1.82, 2.24) is 0 Å². The van der Waals surface area contributed by atoms with Crippen LogP contribution in [0.15, 0.2) is 79.0 Å². The number of epoxide rings is 1. The second kappa shape index (κ2) is 11.7. The summed E-state index contributed by atoms with van der Waals surface area (Å²) < 4.78 is 20.9. The van der Waals surface area contributed by atoms with Crippen molar-refractivity contribution in [3.63, 3.8) is 0 Å². The van der Waals surface area contributed by atoms with Crippen molar-refractivity contribution in [2.24, 2.45) is 11.8 Å². The van der Waals surface area contributed by atoms with Gasteiger partial charge in [-0.15, -0.1) is 0 Å². The minimum absolute atomic E-state index is 0.218. The topological polar surface area (TPSA) is 39.3 Å². The first-order valence-electron chi connectivity index (χ1n) is 15.9. The lowest BCUT2D eigenvalue weighted by Gasteiger charge is -2.32. The largest absolute Gasteiger partial charge is 0.493 e. The number of rotatable bonds is 9. The van der Waals surface area contributed by atoms with Gasteiger partial charge in [0.05, 0.1) is 31.7 Å². The number of hydrogen-bond donors (Lipinski definition) is 1. The van der Waals surface area contributed by atoms with E-state index < -0.39 is 0 Å². The van der Waals surface area contributed by atoms with E-state index in [1.807, 2.05) is 0 Å². The Kier molecular flexibility index (Phi) is 7.64. The van der Waals surface area contributed by atoms with Crippen molar-refractivity contribution in [2.45, 2.75) is 70.9 Å². The number of nitrogens with zero attached hydrogens (tertiary/aromatic N) is 1. The smallest absolute Gasteiger partial charge is 0.213 e. The maximum atomic E-state index is 6.51. The molecule has 1 N–H and O–H groups in total. The summed E-state index contributed by atoms with van der Waals surface area (Å²) >= 11 is 0. The SMILES string of the molecule is COc1cc2c(cc1OCc1cc[n+](C(C)C)c3ccccc13)CC(CC1CC[NH+](Cc3ccccc3)CC1)C1OC21. The molecule has 1 aromatic heterocycles. The number of fused-ring (bicyclic) bond motifs is 4. The molecule has 4 aromatic rings. The van der Waals surface area contributed by atoms with E-state index in [0.717, 1.165) is 30.4 Å². The third-order valence-corrected chi connectivity index (χ3v) is 9.85. The Labute approximate surface area is 250 Å². The molecule has 2 saturated heterocycles. The molecule has 2 aliphatic heterocycles. The van der Waals surface area contributed by atoms with Crippen LogP contribution in [0.4, 0.5) is 0 Å². The predicted octanol–water partition coefficient (Wildman–Crippen LogP) is 5.79. The minimum atomic E-state index is 0.218. The number of benzene rings is 3. The zero-order valence-electron chi connectivity index (χ0n) is 25.2. The fraction of sp³-hybridized carbons (Fsp3) is 0.432. The lowest BCUT2D eigenvalue weighted by molar-refractivity contribution is -0.919. The van der Waals surface area contributed by atoms with Gasteiger partial charge in [-0.25, -0.2) is 0 Å². The Hall–Kier alpha value is -3.41. The van der Waals surface area contributed by atoms with Gasteiger partial charge in [-0.05, 0) is 80.7 Å². The minimum Gasteiger partial charge on any atom is -0.493 e. The Balaban J connectivity index is 1.03. The predicted molar refractivity (Wildman–Crippen MR) is 165 cm³/mol. The highest BCUT2D eigenvalue weighted by Gasteiger charge is 2.51. The number of piperidine rings is 1. The second-order valence-corrected chi connectivity index (χ2v) is 12.9. The molecule has 218 valence electrons. The summed E-state index contributed by atoms with van der Waals surface area (Å²) in [6, 6.07) is 26.6. The van der Waals surface area contributed by atoms with E-state index in [1.54, 1.807) is 12.0 Å². The number of likely N-dealkylation sites (tertiary alicyclic amines) is 1. The second-order valence-electron chi connectivity index (χ2n) is 12.9. The lowest BCUT2D eigenvalue weighted by Crippen LogP contribution is -3.11. The normalized spacial score (nSPS) is 24.7. The van der Waals surface area contributed by atoms with E-state index in [1.165, 1.54) is 65.5 Å². The molecule has 3 aliphatic rings. The number of nitrogens with one attached hydrogen (secondary N) is 1. The average molecular weight is 565 g/mol. The molecule has 0 bridgehead atoms. The Morgan fingerprint density at radius 2 is 1.74 bits per heavy atom. The molecule has 1 aliphatic carbocycles. The molecular formula is C37H44N2O3+2. The fourth-order valence-electron chi connectivity index (χ4n) is 7.53. The molecule has 5 nitrogen and oxygen atoms in total. The quantitative estimate of drug-likeness (QED) is 0.207. The molecule has 0 radical (unpaired) electrons. The van der Waals surface area contributed by atoms with E-state index in [-0.39, 0.29) is 6.10 Å². The molecule has 42 heavy (non-hydrogen) atoms. The van der Waals surface area contributed by atoms with Crippen molar-refractivity contribution >= 4 is 10.9 Å². The average Bonchev–Trinajstić information content (AvgIpc) is 3.83. The monoisotopic (exact) mass is 564 g/mol. The molecule has 2 fully saturated rings. The molecular weight excluding hydrogens is 520 g/mol. The van der Waals surface area contributed by atoms with Crippen LogP contribution in [0.3, 0.4) is 0 Å². The van der Waals surface area contributed by atoms with Crippen molar-refractivity contribution in [3.05, 3.63) is 101 Å². The van der Waals surface area contributed by atoms with Gasteiger partial charge >= 0.3 is 0 Å². The van der Waals surface area contributed by atoms with E-state index in [4.69, 9.17) is 14.2 Å². The first kappa shape index (κ1) is 27.4. The molecule has 5 heteroatoms. The molecule has 3 aromatic carbocycles. The zero-order chi connectivity index (χ0) is 28.6. The number of aromatic nitrogens is 1. The van der Waals surface area contributed by atoms with Crippen molar-refractivity contribution in [3.8, 4) is 11.5 Å². The van der Waals surface area contributed by atoms with E-state index in [0.29, 0.717) is 24.7 Å². The maximum Gasteiger partial charge on any atom is 0.213 e. The number of pyridine rings is 1. The third kappa shape index (κ3) is 5.52. The van der Waals surface area contributed by atoms with E-state index >= 15 is 0 Å². The maximum absolute atomic E-state index is 6.51. The van der Waals surface area contributed by atoms with Crippen molar-refractivity contribution in [1.29, 1.82) is 0 Å². The van der Waals surface area contributed by atoms with Gasteiger partial charge in [-0.1, -0.05) is 42.5 Å². The van der Waals surface area contributed by atoms with Gasteiger partial charge in [0.2, 0.25) is 5.52 Å². The fourth-order valence-corrected chi connectivity index (χ4v) is 7.53. The van der Waals surface area contributed by atoms with Crippen LogP contribution in [-0.2, 0) is 24.3 Å². The summed E-state index contributed by atoms with van der Waals surface area (Å²) in [6.45, 7) is 8.65. The van der Waals surface area contributed by atoms with Gasteiger partial charge in [-0.2, -0.15) is 4.57 Å². The van der Waals surface area contributed by atoms with Crippen LogP contribution in [0.25, 0.3) is 10.9 Å². The van der Waals surface area contributed by atoms with Crippen LogP contribution in [0, 0.1) is 11.8 Å². The number of para-hydroxylation sites is 1. The third-order valence-electron chi connectivity index (χ3n) is 9.85. The Bertz CT molecular complexity index is 1540. The van der Waals surface area contributed by atoms with Gasteiger partial charge in [0.15, 0.2) is 23.7 Å². The number of methoxy groups -OCH3 is 1. The van der Waals surface area contributed by atoms with Crippen LogP contribution >= 0.6 is 0 Å². The number of hydrogen-bond acceptors (Lipinski definition) is 3. The summed E-state index contributed by atoms with van der Waals surface area (Å²) in [6.07, 6.45) is 7.74. The molecule has 3 heterocycles. The van der Waals surface area contributed by atoms with Gasteiger partial charge in [-0.3, -0.25) is 0 Å². The first-order chi connectivity index (χ1) is 20.6. The van der Waals surface area contributed by atoms with E-state index in [2.05, 4.69) is 97.4 Å². The first-order valence-corrected chi connectivity index (χ1v) is 15.9. The van der Waals surface area contributed by atoms with Crippen molar-refractivity contribution < 1.29 is 23.7 Å². The molecule has 0 saturated carbocycles. The standard InChI is InChI=1S/C37H43N2O3/c1-25(2)39-18-15-28(31-11-7-8-12-33(31)39)24-41-35-21-29-20-30(36-37(42-36)32(29)22-34(35)40-3)19-26-13-16-38(17-14-26)23-27-9-5-4-6-10-27/h4-12,15,18,21-22,25-26,30,36-37H,13-14,16-17,19-20,23-24H2,1-3H3/q+1/p+1. The van der Waals surface area contributed by atoms with Crippen LogP contribution in [0.1, 0.15) is 67.5 Å². The number of quaternary nitrogens is 1. The summed E-state index contributed by atoms with van der Waals surface area (Å²) in [5.74, 6) is 3.02. The van der Waals surface area contributed by atoms with Crippen LogP contribution in [0.5, 0.6) is 11.5 Å². The number of ether oxygens (including phenoxy) is 3. The molecule has 0 amide bonds. The highest BCUT2D eigenvalue weighted by Crippen LogP contribution is 2.53. The summed E-state index contributed by atoms with van der Waals surface area (Å²) in [7, 11) is 1.74. The highest BCUT2D eigenvalue weighted by atomic mass is 16.6. The highest BCUT2D eigenvalue weighted by molar-refractivity contribution is 5.79. The summed E-state index contributed by atoms with van der Waals surface area (Å²) in [5, 5.41) is 1.23. The molecule has 3 unspecified atom stereocenters. The van der Waals surface area contributed by atoms with Gasteiger partial charge < -0.3 is 19.1 Å². The van der Waals surface area contributed by atoms with Crippen molar-refractivity contribution in [2.75, 3.05) is 20.2 Å². The van der Waals surface area contributed by atoms with Gasteiger partial charge in [0.1, 0.15) is 19.3 Å². The van der Waals surface area contributed by atoms with Crippen LogP contribution in [-0.4, -0.2) is 26.3 Å². The Morgan fingerprint density at radius 3 is 2.52 bits per heavy atom. The Morgan fingerprint density at radius 1 is 0.952 bits per heavy atom.